The Labute approximate surface area is 123 Å². The van der Waals surface area contributed by atoms with E-state index in [0.29, 0.717) is 31.7 Å². The van der Waals surface area contributed by atoms with Gasteiger partial charge < -0.3 is 10.4 Å². The molecule has 0 bridgehead atoms. The molecule has 0 rings (SSSR count). The summed E-state index contributed by atoms with van der Waals surface area (Å²) in [7, 11) is 0. The number of carbonyl (C=O) groups is 2. The quantitative estimate of drug-likeness (QED) is 0.638. The average Bonchev–Trinajstić information content (AvgIpc) is 2.28. The molecule has 0 radical (unpaired) electrons. The molecular formula is C16H31NO3. The number of hydrogen-bond acceptors (Lipinski definition) is 2. The Bertz CT molecular complexity index is 305. The lowest BCUT2D eigenvalue weighted by molar-refractivity contribution is -0.143. The minimum Gasteiger partial charge on any atom is -0.481 e. The molecule has 4 nitrogen and oxygen atoms in total. The normalized spacial score (nSPS) is 13.3. The molecule has 0 spiro atoms. The largest absolute Gasteiger partial charge is 0.481 e. The van der Waals surface area contributed by atoms with Crippen LogP contribution in [0.3, 0.4) is 0 Å². The number of aliphatic carboxylic acids is 1. The monoisotopic (exact) mass is 285 g/mol. The van der Waals surface area contributed by atoms with Crippen LogP contribution >= 0.6 is 0 Å². The number of amides is 1. The molecule has 0 aliphatic carbocycles. The molecule has 4 heteroatoms. The van der Waals surface area contributed by atoms with E-state index in [9.17, 15) is 14.7 Å². The van der Waals surface area contributed by atoms with E-state index < -0.39 is 11.9 Å². The first-order valence-corrected chi connectivity index (χ1v) is 7.61. The van der Waals surface area contributed by atoms with E-state index in [1.165, 1.54) is 0 Å². The Balaban J connectivity index is 3.97. The predicted molar refractivity (Wildman–Crippen MR) is 81.5 cm³/mol. The standard InChI is InChI=1S/C16H31NO3/c1-12(2)7-6-10-17-14(18)9-8-13(15(19)20)11-16(3,4)5/h12-13H,6-11H2,1-5H3,(H,17,18)(H,19,20)/t13-/m1/s1. The van der Waals surface area contributed by atoms with Gasteiger partial charge in [0.2, 0.25) is 5.91 Å². The van der Waals surface area contributed by atoms with Gasteiger partial charge in [-0.1, -0.05) is 34.6 Å². The summed E-state index contributed by atoms with van der Waals surface area (Å²) in [4.78, 5) is 22.9. The maximum absolute atomic E-state index is 11.7. The number of nitrogens with one attached hydrogen (secondary N) is 1. The van der Waals surface area contributed by atoms with E-state index in [2.05, 4.69) is 19.2 Å². The zero-order chi connectivity index (χ0) is 15.8. The van der Waals surface area contributed by atoms with Gasteiger partial charge in [-0.15, -0.1) is 0 Å². The Morgan fingerprint density at radius 1 is 1.15 bits per heavy atom. The van der Waals surface area contributed by atoms with Crippen LogP contribution in [0.1, 0.15) is 66.7 Å². The average molecular weight is 285 g/mol. The summed E-state index contributed by atoms with van der Waals surface area (Å²) in [5.74, 6) is -0.618. The topological polar surface area (TPSA) is 66.4 Å². The minimum absolute atomic E-state index is 0.0310. The smallest absolute Gasteiger partial charge is 0.306 e. The Morgan fingerprint density at radius 3 is 2.20 bits per heavy atom. The van der Waals surface area contributed by atoms with Crippen LogP contribution in [-0.2, 0) is 9.59 Å². The highest BCUT2D eigenvalue weighted by atomic mass is 16.4. The lowest BCUT2D eigenvalue weighted by Gasteiger charge is -2.23. The van der Waals surface area contributed by atoms with Crippen molar-refractivity contribution < 1.29 is 14.7 Å². The molecule has 0 heterocycles. The van der Waals surface area contributed by atoms with Gasteiger partial charge >= 0.3 is 5.97 Å². The number of carboxylic acids is 1. The lowest BCUT2D eigenvalue weighted by atomic mass is 9.82. The summed E-state index contributed by atoms with van der Waals surface area (Å²) in [6, 6.07) is 0. The molecule has 0 aromatic rings. The Morgan fingerprint density at radius 2 is 1.75 bits per heavy atom. The summed E-state index contributed by atoms with van der Waals surface area (Å²) in [6.07, 6.45) is 3.40. The molecule has 0 aliphatic rings. The summed E-state index contributed by atoms with van der Waals surface area (Å²) < 4.78 is 0. The highest BCUT2D eigenvalue weighted by Crippen LogP contribution is 2.27. The maximum atomic E-state index is 11.7. The second-order valence-corrected chi connectivity index (χ2v) is 7.22. The number of carboxylic acid groups (broad SMARTS) is 1. The first-order valence-electron chi connectivity index (χ1n) is 7.61. The second kappa shape index (κ2) is 8.98. The Hall–Kier alpha value is -1.06. The van der Waals surface area contributed by atoms with Gasteiger partial charge in [0.25, 0.3) is 0 Å². The van der Waals surface area contributed by atoms with Crippen molar-refractivity contribution in [3.8, 4) is 0 Å². The van der Waals surface area contributed by atoms with E-state index in [0.717, 1.165) is 12.8 Å². The van der Waals surface area contributed by atoms with E-state index in [4.69, 9.17) is 0 Å². The van der Waals surface area contributed by atoms with Crippen LogP contribution in [0.2, 0.25) is 0 Å². The highest BCUT2D eigenvalue weighted by Gasteiger charge is 2.24. The number of hydrogen-bond donors (Lipinski definition) is 2. The van der Waals surface area contributed by atoms with Crippen LogP contribution in [-0.4, -0.2) is 23.5 Å². The van der Waals surface area contributed by atoms with Crippen molar-refractivity contribution in [2.45, 2.75) is 66.7 Å². The van der Waals surface area contributed by atoms with Crippen LogP contribution in [0, 0.1) is 17.3 Å². The van der Waals surface area contributed by atoms with Crippen molar-refractivity contribution in [1.82, 2.24) is 5.32 Å². The molecule has 0 aromatic carbocycles. The molecule has 0 saturated heterocycles. The van der Waals surface area contributed by atoms with Gasteiger partial charge in [0.15, 0.2) is 0 Å². The highest BCUT2D eigenvalue weighted by molar-refractivity contribution is 5.77. The summed E-state index contributed by atoms with van der Waals surface area (Å²) in [6.45, 7) is 11.1. The van der Waals surface area contributed by atoms with Crippen molar-refractivity contribution in [2.24, 2.45) is 17.3 Å². The Kier molecular flexibility index (Phi) is 8.51. The zero-order valence-electron chi connectivity index (χ0n) is 13.7. The fourth-order valence-electron chi connectivity index (χ4n) is 2.18. The van der Waals surface area contributed by atoms with E-state index in [1.54, 1.807) is 0 Å². The fourth-order valence-corrected chi connectivity index (χ4v) is 2.18. The molecule has 2 N–H and O–H groups in total. The fraction of sp³-hybridized carbons (Fsp3) is 0.875. The van der Waals surface area contributed by atoms with Gasteiger partial charge in [-0.05, 0) is 37.0 Å². The van der Waals surface area contributed by atoms with Crippen molar-refractivity contribution in [2.75, 3.05) is 6.54 Å². The molecule has 1 amide bonds. The number of rotatable bonds is 9. The van der Waals surface area contributed by atoms with Crippen molar-refractivity contribution >= 4 is 11.9 Å². The molecule has 20 heavy (non-hydrogen) atoms. The van der Waals surface area contributed by atoms with Crippen LogP contribution in [0.25, 0.3) is 0 Å². The van der Waals surface area contributed by atoms with Gasteiger partial charge in [0, 0.05) is 13.0 Å². The van der Waals surface area contributed by atoms with Crippen LogP contribution in [0.15, 0.2) is 0 Å². The van der Waals surface area contributed by atoms with Crippen molar-refractivity contribution in [1.29, 1.82) is 0 Å². The van der Waals surface area contributed by atoms with Crippen LogP contribution in [0.4, 0.5) is 0 Å². The molecular weight excluding hydrogens is 254 g/mol. The third kappa shape index (κ3) is 10.8. The summed E-state index contributed by atoms with van der Waals surface area (Å²) >= 11 is 0. The minimum atomic E-state index is -0.799. The molecule has 0 aromatic heterocycles. The molecule has 0 aliphatic heterocycles. The van der Waals surface area contributed by atoms with E-state index >= 15 is 0 Å². The van der Waals surface area contributed by atoms with E-state index in [-0.39, 0.29) is 11.3 Å². The van der Waals surface area contributed by atoms with Crippen molar-refractivity contribution in [3.63, 3.8) is 0 Å². The SMILES string of the molecule is CC(C)CCCNC(=O)CC[C@H](CC(C)(C)C)C(=O)O. The van der Waals surface area contributed by atoms with E-state index in [1.807, 2.05) is 20.8 Å². The number of carbonyl (C=O) groups excluding carboxylic acids is 1. The van der Waals surface area contributed by atoms with Gasteiger partial charge in [0.05, 0.1) is 5.92 Å². The lowest BCUT2D eigenvalue weighted by Crippen LogP contribution is -2.27. The van der Waals surface area contributed by atoms with Gasteiger partial charge in [-0.3, -0.25) is 9.59 Å². The molecule has 0 fully saturated rings. The zero-order valence-corrected chi connectivity index (χ0v) is 13.7. The predicted octanol–water partition coefficient (Wildman–Crippen LogP) is 3.46. The molecule has 118 valence electrons. The van der Waals surface area contributed by atoms with Gasteiger partial charge in [-0.25, -0.2) is 0 Å². The first-order chi connectivity index (χ1) is 9.11. The van der Waals surface area contributed by atoms with Crippen LogP contribution in [0.5, 0.6) is 0 Å². The van der Waals surface area contributed by atoms with Crippen molar-refractivity contribution in [3.05, 3.63) is 0 Å². The molecule has 0 saturated carbocycles. The molecule has 0 unspecified atom stereocenters. The third-order valence-corrected chi connectivity index (χ3v) is 3.21. The van der Waals surface area contributed by atoms with Gasteiger partial charge in [-0.2, -0.15) is 0 Å². The third-order valence-electron chi connectivity index (χ3n) is 3.21. The second-order valence-electron chi connectivity index (χ2n) is 7.22. The van der Waals surface area contributed by atoms with Crippen LogP contribution < -0.4 is 5.32 Å². The van der Waals surface area contributed by atoms with Gasteiger partial charge in [0.1, 0.15) is 0 Å². The maximum Gasteiger partial charge on any atom is 0.306 e. The first kappa shape index (κ1) is 18.9. The molecule has 1 atom stereocenters. The summed E-state index contributed by atoms with van der Waals surface area (Å²) in [5.41, 5.74) is -0.0310. The summed E-state index contributed by atoms with van der Waals surface area (Å²) in [5, 5.41) is 12.1.